The first-order valence-corrected chi connectivity index (χ1v) is 10.1. The van der Waals surface area contributed by atoms with E-state index in [4.69, 9.17) is 11.6 Å². The lowest BCUT2D eigenvalue weighted by atomic mass is 9.75. The highest BCUT2D eigenvalue weighted by Gasteiger charge is 2.40. The topological polar surface area (TPSA) is 29.1 Å². The summed E-state index contributed by atoms with van der Waals surface area (Å²) in [5.41, 5.74) is 3.52. The van der Waals surface area contributed by atoms with Crippen LogP contribution in [-0.2, 0) is 0 Å². The number of hydrogen-bond donors (Lipinski definition) is 1. The van der Waals surface area contributed by atoms with Gasteiger partial charge < -0.3 is 5.32 Å². The molecule has 5 rings (SSSR count). The Morgan fingerprint density at radius 2 is 1.76 bits per heavy atom. The van der Waals surface area contributed by atoms with Crippen LogP contribution in [0.2, 0.25) is 5.02 Å². The fourth-order valence-electron chi connectivity index (χ4n) is 4.62. The number of hydrogen-bond acceptors (Lipinski definition) is 2. The van der Waals surface area contributed by atoms with Gasteiger partial charge in [0.05, 0.1) is 6.04 Å². The molecule has 0 radical (unpaired) electrons. The molecule has 4 heteroatoms. The van der Waals surface area contributed by atoms with Gasteiger partial charge in [0, 0.05) is 33.3 Å². The summed E-state index contributed by atoms with van der Waals surface area (Å²) in [5, 5.41) is 4.05. The Bertz CT molecular complexity index is 1120. The van der Waals surface area contributed by atoms with E-state index < -0.39 is 0 Å². The summed E-state index contributed by atoms with van der Waals surface area (Å²) < 4.78 is 14.6. The van der Waals surface area contributed by atoms with Crippen LogP contribution < -0.4 is 5.32 Å². The summed E-state index contributed by atoms with van der Waals surface area (Å²) in [5.74, 6) is -0.0528. The van der Waals surface area contributed by atoms with Gasteiger partial charge in [-0.2, -0.15) is 0 Å². The van der Waals surface area contributed by atoms with Crippen LogP contribution >= 0.6 is 11.6 Å². The Morgan fingerprint density at radius 3 is 2.55 bits per heavy atom. The third kappa shape index (κ3) is 3.06. The van der Waals surface area contributed by atoms with Gasteiger partial charge in [0.15, 0.2) is 5.78 Å². The van der Waals surface area contributed by atoms with E-state index in [0.717, 1.165) is 17.7 Å². The van der Waals surface area contributed by atoms with E-state index in [1.807, 2.05) is 36.4 Å². The summed E-state index contributed by atoms with van der Waals surface area (Å²) >= 11 is 6.42. The fourth-order valence-corrected chi connectivity index (χ4v) is 4.85. The maximum absolute atomic E-state index is 14.6. The number of ketones is 1. The van der Waals surface area contributed by atoms with E-state index in [2.05, 4.69) is 17.5 Å². The van der Waals surface area contributed by atoms with Crippen LogP contribution in [0.5, 0.6) is 0 Å². The Morgan fingerprint density at radius 1 is 1.00 bits per heavy atom. The highest BCUT2D eigenvalue weighted by Crippen LogP contribution is 2.51. The Hall–Kier alpha value is -2.91. The van der Waals surface area contributed by atoms with Crippen LogP contribution in [0.4, 0.5) is 10.1 Å². The first-order chi connectivity index (χ1) is 14.1. The van der Waals surface area contributed by atoms with E-state index in [-0.39, 0.29) is 29.5 Å². The van der Waals surface area contributed by atoms with Crippen LogP contribution in [-0.4, -0.2) is 5.78 Å². The standard InChI is InChI=1S/C25H19ClFNO/c26-16-13-20-17-10-6-11-18(17)23(19-9-4-5-12-22(19)27)28-24(20)21(14-16)25(29)15-7-2-1-3-8-15/h1-10,12-14,17-18,23,28H,11H2/t17-,18-,23-/m1/s1. The van der Waals surface area contributed by atoms with Crippen molar-refractivity contribution in [2.24, 2.45) is 5.92 Å². The van der Waals surface area contributed by atoms with E-state index in [1.54, 1.807) is 24.3 Å². The van der Waals surface area contributed by atoms with Crippen molar-refractivity contribution in [1.29, 1.82) is 0 Å². The average molecular weight is 404 g/mol. The molecule has 144 valence electrons. The van der Waals surface area contributed by atoms with Gasteiger partial charge in [-0.05, 0) is 36.1 Å². The Balaban J connectivity index is 1.67. The molecular formula is C25H19ClFNO. The van der Waals surface area contributed by atoms with E-state index >= 15 is 0 Å². The van der Waals surface area contributed by atoms with Gasteiger partial charge in [0.25, 0.3) is 0 Å². The molecule has 1 N–H and O–H groups in total. The third-order valence-corrected chi connectivity index (χ3v) is 6.17. The molecule has 0 bridgehead atoms. The molecule has 3 atom stereocenters. The third-order valence-electron chi connectivity index (χ3n) is 5.95. The van der Waals surface area contributed by atoms with Crippen molar-refractivity contribution in [3.8, 4) is 0 Å². The minimum absolute atomic E-state index is 0.0930. The summed E-state index contributed by atoms with van der Waals surface area (Å²) in [6.45, 7) is 0. The minimum atomic E-state index is -0.232. The largest absolute Gasteiger partial charge is 0.377 e. The van der Waals surface area contributed by atoms with Gasteiger partial charge in [-0.3, -0.25) is 4.79 Å². The molecule has 3 aromatic carbocycles. The second-order valence-electron chi connectivity index (χ2n) is 7.61. The molecule has 1 aliphatic heterocycles. The van der Waals surface area contributed by atoms with Crippen LogP contribution in [0, 0.1) is 11.7 Å². The van der Waals surface area contributed by atoms with Crippen molar-refractivity contribution in [3.05, 3.63) is 112 Å². The normalized spacial score (nSPS) is 21.9. The lowest BCUT2D eigenvalue weighted by molar-refractivity contribution is 0.103. The number of rotatable bonds is 3. The monoisotopic (exact) mass is 403 g/mol. The maximum Gasteiger partial charge on any atom is 0.195 e. The molecule has 1 aliphatic carbocycles. The number of allylic oxidation sites excluding steroid dienone is 2. The molecule has 29 heavy (non-hydrogen) atoms. The van der Waals surface area contributed by atoms with Gasteiger partial charge in [-0.1, -0.05) is 72.3 Å². The summed E-state index contributed by atoms with van der Waals surface area (Å²) in [7, 11) is 0. The predicted octanol–water partition coefficient (Wildman–Crippen LogP) is 6.54. The second-order valence-corrected chi connectivity index (χ2v) is 8.05. The molecule has 1 heterocycles. The predicted molar refractivity (Wildman–Crippen MR) is 114 cm³/mol. The summed E-state index contributed by atoms with van der Waals surface area (Å²) in [4.78, 5) is 13.3. The van der Waals surface area contributed by atoms with Crippen molar-refractivity contribution in [1.82, 2.24) is 0 Å². The lowest BCUT2D eigenvalue weighted by Gasteiger charge is -2.38. The van der Waals surface area contributed by atoms with Crippen LogP contribution in [0.1, 0.15) is 45.4 Å². The number of anilines is 1. The molecule has 0 saturated heterocycles. The molecular weight excluding hydrogens is 385 g/mol. The van der Waals surface area contributed by atoms with Crippen LogP contribution in [0.15, 0.2) is 78.9 Å². The average Bonchev–Trinajstić information content (AvgIpc) is 3.24. The summed E-state index contributed by atoms with van der Waals surface area (Å²) in [6, 6.07) is 19.4. The zero-order valence-corrected chi connectivity index (χ0v) is 16.4. The fraction of sp³-hybridized carbons (Fsp3) is 0.160. The smallest absolute Gasteiger partial charge is 0.195 e. The molecule has 0 aromatic heterocycles. The van der Waals surface area contributed by atoms with E-state index in [0.29, 0.717) is 21.7 Å². The molecule has 2 aliphatic rings. The number of nitrogens with one attached hydrogen (secondary N) is 1. The Kier molecular flexibility index (Phi) is 4.48. The van der Waals surface area contributed by atoms with Gasteiger partial charge in [-0.15, -0.1) is 0 Å². The zero-order chi connectivity index (χ0) is 20.0. The molecule has 3 aromatic rings. The lowest BCUT2D eigenvalue weighted by Crippen LogP contribution is -2.31. The first-order valence-electron chi connectivity index (χ1n) is 9.74. The van der Waals surface area contributed by atoms with Crippen LogP contribution in [0.3, 0.4) is 0 Å². The van der Waals surface area contributed by atoms with Gasteiger partial charge in [0.1, 0.15) is 5.82 Å². The molecule has 2 nitrogen and oxygen atoms in total. The number of benzene rings is 3. The van der Waals surface area contributed by atoms with Gasteiger partial charge >= 0.3 is 0 Å². The highest BCUT2D eigenvalue weighted by atomic mass is 35.5. The molecule has 0 saturated carbocycles. The maximum atomic E-state index is 14.6. The second kappa shape index (κ2) is 7.16. The van der Waals surface area contributed by atoms with Gasteiger partial charge in [-0.25, -0.2) is 4.39 Å². The highest BCUT2D eigenvalue weighted by molar-refractivity contribution is 6.31. The van der Waals surface area contributed by atoms with Crippen molar-refractivity contribution >= 4 is 23.1 Å². The van der Waals surface area contributed by atoms with Crippen molar-refractivity contribution in [2.45, 2.75) is 18.4 Å². The van der Waals surface area contributed by atoms with E-state index in [1.165, 1.54) is 6.07 Å². The van der Waals surface area contributed by atoms with Crippen LogP contribution in [0.25, 0.3) is 0 Å². The van der Waals surface area contributed by atoms with Crippen molar-refractivity contribution < 1.29 is 9.18 Å². The quantitative estimate of drug-likeness (QED) is 0.397. The SMILES string of the molecule is O=C(c1ccccc1)c1cc(Cl)cc2c1N[C@@H](c1ccccc1F)[C@@H]1CC=C[C@@H]21. The van der Waals surface area contributed by atoms with Gasteiger partial charge in [0.2, 0.25) is 0 Å². The first kappa shape index (κ1) is 18.1. The molecule has 0 spiro atoms. The van der Waals surface area contributed by atoms with Crippen molar-refractivity contribution in [3.63, 3.8) is 0 Å². The number of halogens is 2. The molecule has 0 unspecified atom stereocenters. The van der Waals surface area contributed by atoms with E-state index in [9.17, 15) is 9.18 Å². The minimum Gasteiger partial charge on any atom is -0.377 e. The number of carbonyl (C=O) groups is 1. The molecule has 0 amide bonds. The van der Waals surface area contributed by atoms with Crippen molar-refractivity contribution in [2.75, 3.05) is 5.32 Å². The number of carbonyl (C=O) groups excluding carboxylic acids is 1. The molecule has 0 fully saturated rings. The zero-order valence-electron chi connectivity index (χ0n) is 15.6. The Labute approximate surface area is 174 Å². The number of fused-ring (bicyclic) bond motifs is 3. The summed E-state index contributed by atoms with van der Waals surface area (Å²) in [6.07, 6.45) is 5.15.